The van der Waals surface area contributed by atoms with E-state index in [1.807, 2.05) is 0 Å². The first-order valence-corrected chi connectivity index (χ1v) is 4.59. The predicted octanol–water partition coefficient (Wildman–Crippen LogP) is 2.57. The van der Waals surface area contributed by atoms with Crippen LogP contribution in [0.25, 0.3) is 0 Å². The number of methoxy groups -OCH3 is 1. The Kier molecular flexibility index (Phi) is 3.85. The number of rotatable bonds is 2. The first-order chi connectivity index (χ1) is 7.51. The molecule has 3 nitrogen and oxygen atoms in total. The number of carbonyl (C=O) groups excluding carboxylic acids is 1. The Bertz CT molecular complexity index is 469. The number of hydrogen-bond acceptors (Lipinski definition) is 4. The number of hydrogen-bond donors (Lipinski definition) is 1. The van der Waals surface area contributed by atoms with Crippen LogP contribution in [0.2, 0.25) is 0 Å². The van der Waals surface area contributed by atoms with Crippen LogP contribution < -0.4 is 0 Å². The highest BCUT2D eigenvalue weighted by Crippen LogP contribution is 2.28. The van der Waals surface area contributed by atoms with Crippen molar-refractivity contribution in [2.75, 3.05) is 7.11 Å². The SMILES string of the molecule is COC(=O)c1cc(S)c(C(F)F)cc1C#N. The molecule has 84 valence electrons. The van der Waals surface area contributed by atoms with Crippen molar-refractivity contribution >= 4 is 18.6 Å². The Morgan fingerprint density at radius 1 is 1.56 bits per heavy atom. The van der Waals surface area contributed by atoms with Crippen molar-refractivity contribution in [3.63, 3.8) is 0 Å². The maximum absolute atomic E-state index is 12.5. The minimum absolute atomic E-state index is 0.0469. The number of ether oxygens (including phenoxy) is 1. The molecule has 0 aliphatic rings. The van der Waals surface area contributed by atoms with Crippen molar-refractivity contribution in [1.29, 1.82) is 5.26 Å². The Balaban J connectivity index is 3.39. The minimum Gasteiger partial charge on any atom is -0.465 e. The quantitative estimate of drug-likeness (QED) is 0.641. The Labute approximate surface area is 96.0 Å². The summed E-state index contributed by atoms with van der Waals surface area (Å²) in [6.07, 6.45) is -2.74. The van der Waals surface area contributed by atoms with E-state index in [-0.39, 0.29) is 21.6 Å². The van der Waals surface area contributed by atoms with Gasteiger partial charge in [0.2, 0.25) is 0 Å². The number of benzene rings is 1. The van der Waals surface area contributed by atoms with Crippen LogP contribution in [-0.2, 0) is 4.74 Å². The fourth-order valence-electron chi connectivity index (χ4n) is 1.15. The van der Waals surface area contributed by atoms with E-state index in [0.717, 1.165) is 19.2 Å². The van der Waals surface area contributed by atoms with Gasteiger partial charge in [-0.15, -0.1) is 12.6 Å². The highest BCUT2D eigenvalue weighted by Gasteiger charge is 2.18. The second-order valence-corrected chi connectivity index (χ2v) is 3.34. The van der Waals surface area contributed by atoms with E-state index < -0.39 is 12.4 Å². The standard InChI is InChI=1S/C10H7F2NO2S/c1-15-10(14)6-3-8(16)7(9(11)12)2-5(6)4-13/h2-3,9,16H,1H3. The van der Waals surface area contributed by atoms with Crippen LogP contribution in [0.4, 0.5) is 8.78 Å². The van der Waals surface area contributed by atoms with E-state index in [2.05, 4.69) is 17.4 Å². The van der Waals surface area contributed by atoms with E-state index in [4.69, 9.17) is 5.26 Å². The van der Waals surface area contributed by atoms with Gasteiger partial charge >= 0.3 is 5.97 Å². The Hall–Kier alpha value is -1.61. The lowest BCUT2D eigenvalue weighted by molar-refractivity contribution is 0.0599. The van der Waals surface area contributed by atoms with Gasteiger partial charge in [0.05, 0.1) is 18.2 Å². The van der Waals surface area contributed by atoms with Crippen LogP contribution >= 0.6 is 12.6 Å². The molecule has 0 amide bonds. The molecule has 0 radical (unpaired) electrons. The number of thiol groups is 1. The van der Waals surface area contributed by atoms with Gasteiger partial charge in [0.15, 0.2) is 0 Å². The molecule has 0 aliphatic carbocycles. The van der Waals surface area contributed by atoms with Crippen LogP contribution in [0.15, 0.2) is 17.0 Å². The molecule has 0 spiro atoms. The summed E-state index contributed by atoms with van der Waals surface area (Å²) < 4.78 is 29.4. The summed E-state index contributed by atoms with van der Waals surface area (Å²) >= 11 is 3.83. The predicted molar refractivity (Wildman–Crippen MR) is 54.7 cm³/mol. The molecule has 6 heteroatoms. The summed E-state index contributed by atoms with van der Waals surface area (Å²) in [5.41, 5.74) is -0.605. The molecule has 0 heterocycles. The summed E-state index contributed by atoms with van der Waals surface area (Å²) in [6, 6.07) is 3.72. The van der Waals surface area contributed by atoms with Crippen molar-refractivity contribution in [1.82, 2.24) is 0 Å². The zero-order valence-corrected chi connectivity index (χ0v) is 9.09. The highest BCUT2D eigenvalue weighted by molar-refractivity contribution is 7.80. The molecule has 1 aromatic rings. The van der Waals surface area contributed by atoms with Gasteiger partial charge in [-0.3, -0.25) is 0 Å². The average Bonchev–Trinajstić information content (AvgIpc) is 2.27. The molecule has 0 unspecified atom stereocenters. The van der Waals surface area contributed by atoms with Gasteiger partial charge in [-0.25, -0.2) is 13.6 Å². The molecule has 0 saturated carbocycles. The third-order valence-electron chi connectivity index (χ3n) is 1.93. The van der Waals surface area contributed by atoms with Gasteiger partial charge < -0.3 is 4.74 Å². The smallest absolute Gasteiger partial charge is 0.339 e. The second-order valence-electron chi connectivity index (χ2n) is 2.86. The lowest BCUT2D eigenvalue weighted by Crippen LogP contribution is -2.05. The van der Waals surface area contributed by atoms with Crippen molar-refractivity contribution in [2.24, 2.45) is 0 Å². The monoisotopic (exact) mass is 243 g/mol. The summed E-state index contributed by atoms with van der Waals surface area (Å²) in [5, 5.41) is 8.73. The molecular weight excluding hydrogens is 236 g/mol. The van der Waals surface area contributed by atoms with E-state index >= 15 is 0 Å². The maximum Gasteiger partial charge on any atom is 0.339 e. The molecule has 0 fully saturated rings. The summed E-state index contributed by atoms with van der Waals surface area (Å²) in [6.45, 7) is 0. The van der Waals surface area contributed by atoms with E-state index in [1.165, 1.54) is 0 Å². The zero-order chi connectivity index (χ0) is 12.3. The van der Waals surface area contributed by atoms with E-state index in [1.54, 1.807) is 6.07 Å². The van der Waals surface area contributed by atoms with Gasteiger partial charge in [0.1, 0.15) is 6.07 Å². The summed E-state index contributed by atoms with van der Waals surface area (Å²) in [7, 11) is 1.14. The molecule has 0 aromatic heterocycles. The number of halogens is 2. The lowest BCUT2D eigenvalue weighted by atomic mass is 10.0. The van der Waals surface area contributed by atoms with E-state index in [9.17, 15) is 13.6 Å². The van der Waals surface area contributed by atoms with Crippen LogP contribution in [0.5, 0.6) is 0 Å². The second kappa shape index (κ2) is 4.94. The molecule has 0 bridgehead atoms. The lowest BCUT2D eigenvalue weighted by Gasteiger charge is -2.08. The average molecular weight is 243 g/mol. The van der Waals surface area contributed by atoms with Gasteiger partial charge in [-0.2, -0.15) is 5.26 Å². The third-order valence-corrected chi connectivity index (χ3v) is 2.31. The number of esters is 1. The number of nitriles is 1. The van der Waals surface area contributed by atoms with Crippen molar-refractivity contribution in [2.45, 2.75) is 11.3 Å². The van der Waals surface area contributed by atoms with Crippen LogP contribution in [0.3, 0.4) is 0 Å². The number of nitrogens with zero attached hydrogens (tertiary/aromatic N) is 1. The normalized spacial score (nSPS) is 10.0. The molecule has 0 atom stereocenters. The van der Waals surface area contributed by atoms with Gasteiger partial charge in [0.25, 0.3) is 6.43 Å². The largest absolute Gasteiger partial charge is 0.465 e. The van der Waals surface area contributed by atoms with Crippen LogP contribution in [-0.4, -0.2) is 13.1 Å². The van der Waals surface area contributed by atoms with Crippen LogP contribution in [0.1, 0.15) is 27.9 Å². The summed E-state index contributed by atoms with van der Waals surface area (Å²) in [5.74, 6) is -0.757. The fourth-order valence-corrected chi connectivity index (χ4v) is 1.44. The molecule has 16 heavy (non-hydrogen) atoms. The fraction of sp³-hybridized carbons (Fsp3) is 0.200. The van der Waals surface area contributed by atoms with E-state index in [0.29, 0.717) is 0 Å². The summed E-state index contributed by atoms with van der Waals surface area (Å²) in [4.78, 5) is 11.2. The molecule has 0 N–H and O–H groups in total. The highest BCUT2D eigenvalue weighted by atomic mass is 32.1. The third kappa shape index (κ3) is 2.31. The van der Waals surface area contributed by atoms with Crippen molar-refractivity contribution in [3.05, 3.63) is 28.8 Å². The Morgan fingerprint density at radius 3 is 2.62 bits per heavy atom. The van der Waals surface area contributed by atoms with Gasteiger partial charge in [-0.1, -0.05) is 0 Å². The Morgan fingerprint density at radius 2 is 2.19 bits per heavy atom. The topological polar surface area (TPSA) is 50.1 Å². The maximum atomic E-state index is 12.5. The van der Waals surface area contributed by atoms with Crippen molar-refractivity contribution < 1.29 is 18.3 Å². The van der Waals surface area contributed by atoms with Crippen molar-refractivity contribution in [3.8, 4) is 6.07 Å². The zero-order valence-electron chi connectivity index (χ0n) is 8.20. The number of carbonyl (C=O) groups is 1. The molecular formula is C10H7F2NO2S. The molecule has 1 rings (SSSR count). The molecule has 0 saturated heterocycles. The van der Waals surface area contributed by atoms with Gasteiger partial charge in [0, 0.05) is 10.5 Å². The van der Waals surface area contributed by atoms with Gasteiger partial charge in [-0.05, 0) is 12.1 Å². The minimum atomic E-state index is -2.74. The molecule has 0 aliphatic heterocycles. The number of alkyl halides is 2. The van der Waals surface area contributed by atoms with Crippen LogP contribution in [0, 0.1) is 11.3 Å². The first kappa shape index (κ1) is 12.5. The first-order valence-electron chi connectivity index (χ1n) is 4.14. The molecule has 1 aromatic carbocycles.